The minimum absolute atomic E-state index is 0.219. The van der Waals surface area contributed by atoms with Crippen molar-refractivity contribution in [3.05, 3.63) is 65.8 Å². The predicted octanol–water partition coefficient (Wildman–Crippen LogP) is 5.37. The van der Waals surface area contributed by atoms with E-state index in [1.165, 1.54) is 5.56 Å². The van der Waals surface area contributed by atoms with Gasteiger partial charge in [-0.05, 0) is 29.7 Å². The highest BCUT2D eigenvalue weighted by atomic mass is 32.1. The van der Waals surface area contributed by atoms with E-state index >= 15 is 0 Å². The lowest BCUT2D eigenvalue weighted by Crippen LogP contribution is -1.95. The van der Waals surface area contributed by atoms with Crippen molar-refractivity contribution in [1.29, 1.82) is 0 Å². The number of hydrogen-bond acceptors (Lipinski definition) is 5. The van der Waals surface area contributed by atoms with E-state index in [1.807, 2.05) is 6.07 Å². The fraction of sp³-hybridized carbons (Fsp3) is 0.100. The second kappa shape index (κ2) is 6.53. The number of aryl methyl sites for hydroxylation is 1. The highest BCUT2D eigenvalue weighted by Crippen LogP contribution is 2.37. The maximum absolute atomic E-state index is 9.68. The van der Waals surface area contributed by atoms with Crippen LogP contribution in [0.15, 0.2) is 60.2 Å². The van der Waals surface area contributed by atoms with Crippen LogP contribution in [0, 0.1) is 0 Å². The fourth-order valence-corrected chi connectivity index (χ4v) is 3.74. The van der Waals surface area contributed by atoms with Gasteiger partial charge in [-0.2, -0.15) is 0 Å². The second-order valence-corrected chi connectivity index (χ2v) is 6.64. The molecule has 0 radical (unpaired) electrons. The smallest absolute Gasteiger partial charge is 0.143 e. The van der Waals surface area contributed by atoms with Gasteiger partial charge in [-0.1, -0.05) is 37.3 Å². The van der Waals surface area contributed by atoms with E-state index in [0.717, 1.165) is 39.3 Å². The molecule has 0 fully saturated rings. The van der Waals surface area contributed by atoms with E-state index in [2.05, 4.69) is 51.9 Å². The summed E-state index contributed by atoms with van der Waals surface area (Å²) < 4.78 is 0. The Labute approximate surface area is 149 Å². The van der Waals surface area contributed by atoms with Gasteiger partial charge >= 0.3 is 0 Å². The molecule has 2 N–H and O–H groups in total. The lowest BCUT2D eigenvalue weighted by atomic mass is 10.0. The molecule has 0 bridgehead atoms. The average molecular weight is 347 g/mol. The molecule has 0 aliphatic carbocycles. The number of fused-ring (bicyclic) bond motifs is 1. The van der Waals surface area contributed by atoms with Gasteiger partial charge in [0.05, 0.1) is 5.39 Å². The molecule has 0 aliphatic rings. The van der Waals surface area contributed by atoms with Crippen molar-refractivity contribution in [1.82, 2.24) is 9.97 Å². The van der Waals surface area contributed by atoms with Crippen molar-refractivity contribution in [2.24, 2.45) is 0 Å². The Kier molecular flexibility index (Phi) is 4.07. The Bertz CT molecular complexity index is 1020. The number of aromatic nitrogens is 2. The third-order valence-electron chi connectivity index (χ3n) is 4.15. The van der Waals surface area contributed by atoms with E-state index in [1.54, 1.807) is 35.9 Å². The number of thiophene rings is 1. The minimum Gasteiger partial charge on any atom is -0.508 e. The monoisotopic (exact) mass is 347 g/mol. The van der Waals surface area contributed by atoms with E-state index < -0.39 is 0 Å². The molecule has 0 saturated heterocycles. The molecule has 2 aromatic carbocycles. The fourth-order valence-electron chi connectivity index (χ4n) is 2.82. The Morgan fingerprint density at radius 3 is 2.68 bits per heavy atom. The van der Waals surface area contributed by atoms with Gasteiger partial charge in [0.1, 0.15) is 22.7 Å². The summed E-state index contributed by atoms with van der Waals surface area (Å²) in [7, 11) is 0. The Hall–Kier alpha value is -2.92. The highest BCUT2D eigenvalue weighted by molar-refractivity contribution is 7.17. The van der Waals surface area contributed by atoms with Crippen molar-refractivity contribution in [2.75, 3.05) is 5.32 Å². The zero-order valence-electron chi connectivity index (χ0n) is 13.7. The summed E-state index contributed by atoms with van der Waals surface area (Å²) in [4.78, 5) is 9.76. The van der Waals surface area contributed by atoms with E-state index in [0.29, 0.717) is 0 Å². The van der Waals surface area contributed by atoms with Crippen LogP contribution < -0.4 is 5.32 Å². The van der Waals surface area contributed by atoms with Gasteiger partial charge < -0.3 is 10.4 Å². The molecule has 2 aromatic heterocycles. The molecule has 0 amide bonds. The van der Waals surface area contributed by atoms with Crippen molar-refractivity contribution in [3.63, 3.8) is 0 Å². The van der Waals surface area contributed by atoms with Crippen LogP contribution in [0.25, 0.3) is 21.3 Å². The van der Waals surface area contributed by atoms with Crippen molar-refractivity contribution in [3.8, 4) is 16.9 Å². The maximum Gasteiger partial charge on any atom is 0.143 e. The van der Waals surface area contributed by atoms with E-state index in [4.69, 9.17) is 0 Å². The zero-order chi connectivity index (χ0) is 17.2. The van der Waals surface area contributed by atoms with E-state index in [-0.39, 0.29) is 5.75 Å². The SMILES string of the molecule is CCc1ccc(-c2csc3ncnc(Nc4cccc(O)c4)c23)cc1. The standard InChI is InChI=1S/C20H17N3OS/c1-2-13-6-8-14(9-7-13)17-11-25-20-18(17)19(21-12-22-20)23-15-4-3-5-16(24)10-15/h3-12,24H,2H2,1H3,(H,21,22,23). The maximum atomic E-state index is 9.68. The van der Waals surface area contributed by atoms with Gasteiger partial charge in [0.15, 0.2) is 0 Å². The Morgan fingerprint density at radius 2 is 1.92 bits per heavy atom. The molecule has 124 valence electrons. The molecule has 25 heavy (non-hydrogen) atoms. The second-order valence-electron chi connectivity index (χ2n) is 5.78. The molecule has 0 aliphatic heterocycles. The summed E-state index contributed by atoms with van der Waals surface area (Å²) >= 11 is 1.61. The van der Waals surface area contributed by atoms with Gasteiger partial charge in [0.2, 0.25) is 0 Å². The first-order chi connectivity index (χ1) is 12.2. The first kappa shape index (κ1) is 15.6. The third-order valence-corrected chi connectivity index (χ3v) is 5.04. The highest BCUT2D eigenvalue weighted by Gasteiger charge is 2.13. The topological polar surface area (TPSA) is 58.0 Å². The van der Waals surface area contributed by atoms with Crippen LogP contribution in [0.4, 0.5) is 11.5 Å². The number of phenolic OH excluding ortho intramolecular Hbond substituents is 1. The van der Waals surface area contributed by atoms with Crippen LogP contribution >= 0.6 is 11.3 Å². The quantitative estimate of drug-likeness (QED) is 0.521. The molecule has 4 rings (SSSR count). The van der Waals surface area contributed by atoms with Crippen molar-refractivity contribution in [2.45, 2.75) is 13.3 Å². The number of phenols is 1. The first-order valence-corrected chi connectivity index (χ1v) is 9.00. The molecular formula is C20H17N3OS. The van der Waals surface area contributed by atoms with Gasteiger partial charge in [-0.15, -0.1) is 11.3 Å². The zero-order valence-corrected chi connectivity index (χ0v) is 14.5. The number of aromatic hydroxyl groups is 1. The molecule has 0 spiro atoms. The summed E-state index contributed by atoms with van der Waals surface area (Å²) in [6, 6.07) is 15.6. The van der Waals surface area contributed by atoms with Crippen LogP contribution in [0.2, 0.25) is 0 Å². The summed E-state index contributed by atoms with van der Waals surface area (Å²) in [6.45, 7) is 2.15. The lowest BCUT2D eigenvalue weighted by molar-refractivity contribution is 0.475. The number of rotatable bonds is 4. The number of nitrogens with one attached hydrogen (secondary N) is 1. The Morgan fingerprint density at radius 1 is 1.08 bits per heavy atom. The molecule has 0 atom stereocenters. The molecule has 0 saturated carbocycles. The normalized spacial score (nSPS) is 10.9. The van der Waals surface area contributed by atoms with Gasteiger partial charge in [-0.3, -0.25) is 0 Å². The van der Waals surface area contributed by atoms with Crippen LogP contribution in [-0.2, 0) is 6.42 Å². The summed E-state index contributed by atoms with van der Waals surface area (Å²) in [5, 5.41) is 16.1. The Balaban J connectivity index is 1.81. The van der Waals surface area contributed by atoms with Gasteiger partial charge in [0, 0.05) is 22.7 Å². The molecule has 0 unspecified atom stereocenters. The number of benzene rings is 2. The molecule has 4 aromatic rings. The first-order valence-electron chi connectivity index (χ1n) is 8.12. The van der Waals surface area contributed by atoms with Crippen LogP contribution in [0.1, 0.15) is 12.5 Å². The summed E-state index contributed by atoms with van der Waals surface area (Å²) in [5.41, 5.74) is 4.37. The van der Waals surface area contributed by atoms with Crippen molar-refractivity contribution < 1.29 is 5.11 Å². The van der Waals surface area contributed by atoms with Crippen LogP contribution in [-0.4, -0.2) is 15.1 Å². The molecule has 2 heterocycles. The predicted molar refractivity (Wildman–Crippen MR) is 104 cm³/mol. The summed E-state index contributed by atoms with van der Waals surface area (Å²) in [5.74, 6) is 0.961. The molecule has 5 heteroatoms. The largest absolute Gasteiger partial charge is 0.508 e. The van der Waals surface area contributed by atoms with Crippen molar-refractivity contribution >= 4 is 33.1 Å². The lowest BCUT2D eigenvalue weighted by Gasteiger charge is -2.09. The number of hydrogen-bond donors (Lipinski definition) is 2. The van der Waals surface area contributed by atoms with Crippen LogP contribution in [0.5, 0.6) is 5.75 Å². The number of anilines is 2. The third kappa shape index (κ3) is 3.06. The van der Waals surface area contributed by atoms with Gasteiger partial charge in [-0.25, -0.2) is 9.97 Å². The van der Waals surface area contributed by atoms with E-state index in [9.17, 15) is 5.11 Å². The molecular weight excluding hydrogens is 330 g/mol. The minimum atomic E-state index is 0.219. The molecule has 4 nitrogen and oxygen atoms in total. The van der Waals surface area contributed by atoms with Gasteiger partial charge in [0.25, 0.3) is 0 Å². The average Bonchev–Trinajstić information content (AvgIpc) is 3.07. The van der Waals surface area contributed by atoms with Crippen LogP contribution in [0.3, 0.4) is 0 Å². The number of nitrogens with zero attached hydrogens (tertiary/aromatic N) is 2. The summed E-state index contributed by atoms with van der Waals surface area (Å²) in [6.07, 6.45) is 2.59.